The van der Waals surface area contributed by atoms with E-state index in [4.69, 9.17) is 16.2 Å². The van der Waals surface area contributed by atoms with Gasteiger partial charge in [0.05, 0.1) is 12.1 Å². The van der Waals surface area contributed by atoms with Crippen LogP contribution in [-0.2, 0) is 12.0 Å². The van der Waals surface area contributed by atoms with Crippen LogP contribution in [0.2, 0.25) is 0 Å². The van der Waals surface area contributed by atoms with Crippen molar-refractivity contribution < 1.29 is 4.74 Å². The molecule has 0 saturated carbocycles. The molecule has 1 heterocycles. The van der Waals surface area contributed by atoms with Crippen LogP contribution in [-0.4, -0.2) is 13.2 Å². The molecule has 0 amide bonds. The fraction of sp³-hybridized carbons (Fsp3) is 0.455. The van der Waals surface area contributed by atoms with Gasteiger partial charge in [0.1, 0.15) is 5.75 Å². The van der Waals surface area contributed by atoms with Gasteiger partial charge in [-0.05, 0) is 24.1 Å². The first kappa shape index (κ1) is 9.49. The Kier molecular flexibility index (Phi) is 2.21. The van der Waals surface area contributed by atoms with E-state index in [2.05, 4.69) is 6.07 Å². The molecule has 1 aromatic rings. The summed E-state index contributed by atoms with van der Waals surface area (Å²) in [6.45, 7) is 3.18. The van der Waals surface area contributed by atoms with Crippen molar-refractivity contribution in [3.8, 4) is 5.75 Å². The molecule has 0 spiro atoms. The van der Waals surface area contributed by atoms with Crippen molar-refractivity contribution in [3.63, 3.8) is 0 Å². The largest absolute Gasteiger partial charge is 0.493 e. The van der Waals surface area contributed by atoms with Crippen LogP contribution in [0, 0.1) is 0 Å². The molecule has 0 bridgehead atoms. The Labute approximate surface area is 84.0 Å². The highest BCUT2D eigenvalue weighted by molar-refractivity contribution is 5.41. The van der Waals surface area contributed by atoms with E-state index in [1.165, 1.54) is 5.56 Å². The van der Waals surface area contributed by atoms with Gasteiger partial charge in [-0.2, -0.15) is 0 Å². The molecule has 0 saturated heterocycles. The predicted molar refractivity (Wildman–Crippen MR) is 56.2 cm³/mol. The summed E-state index contributed by atoms with van der Waals surface area (Å²) in [7, 11) is 0. The summed E-state index contributed by atoms with van der Waals surface area (Å²) in [4.78, 5) is 0. The molecule has 3 heteroatoms. The van der Waals surface area contributed by atoms with Crippen LogP contribution in [0.25, 0.3) is 0 Å². The highest BCUT2D eigenvalue weighted by atomic mass is 16.5. The van der Waals surface area contributed by atoms with Gasteiger partial charge < -0.3 is 16.2 Å². The fourth-order valence-corrected chi connectivity index (χ4v) is 1.66. The Bertz CT molecular complexity index is 347. The Hall–Kier alpha value is -1.06. The number of hydrogen-bond acceptors (Lipinski definition) is 3. The molecule has 0 fully saturated rings. The highest BCUT2D eigenvalue weighted by Crippen LogP contribution is 2.28. The van der Waals surface area contributed by atoms with Crippen molar-refractivity contribution in [2.45, 2.75) is 18.9 Å². The predicted octanol–water partition coefficient (Wildman–Crippen LogP) is 0.754. The van der Waals surface area contributed by atoms with E-state index >= 15 is 0 Å². The van der Waals surface area contributed by atoms with Crippen LogP contribution in [0.4, 0.5) is 0 Å². The number of fused-ring (bicyclic) bond motifs is 1. The van der Waals surface area contributed by atoms with Gasteiger partial charge in [-0.3, -0.25) is 0 Å². The first-order valence-electron chi connectivity index (χ1n) is 4.88. The van der Waals surface area contributed by atoms with Gasteiger partial charge in [0, 0.05) is 13.0 Å². The zero-order valence-electron chi connectivity index (χ0n) is 8.42. The van der Waals surface area contributed by atoms with Gasteiger partial charge in [-0.25, -0.2) is 0 Å². The van der Waals surface area contributed by atoms with Gasteiger partial charge in [0.2, 0.25) is 0 Å². The molecule has 1 unspecified atom stereocenters. The van der Waals surface area contributed by atoms with Gasteiger partial charge in [0.15, 0.2) is 0 Å². The number of benzene rings is 1. The van der Waals surface area contributed by atoms with E-state index in [0.29, 0.717) is 6.54 Å². The van der Waals surface area contributed by atoms with E-state index in [1.807, 2.05) is 19.1 Å². The monoisotopic (exact) mass is 192 g/mol. The summed E-state index contributed by atoms with van der Waals surface area (Å²) in [6.07, 6.45) is 0.976. The van der Waals surface area contributed by atoms with Crippen LogP contribution in [0.1, 0.15) is 18.1 Å². The second kappa shape index (κ2) is 3.26. The quantitative estimate of drug-likeness (QED) is 0.727. The molecule has 0 radical (unpaired) electrons. The minimum atomic E-state index is -0.433. The number of ether oxygens (including phenoxy) is 1. The van der Waals surface area contributed by atoms with Crippen LogP contribution in [0.15, 0.2) is 18.2 Å². The summed E-state index contributed by atoms with van der Waals surface area (Å²) in [6, 6.07) is 6.09. The smallest absolute Gasteiger partial charge is 0.122 e. The van der Waals surface area contributed by atoms with E-state index in [9.17, 15) is 0 Å². The standard InChI is InChI=1S/C11H16N2O/c1-11(13,7-12)9-2-3-10-8(6-9)4-5-14-10/h2-3,6H,4-5,7,12-13H2,1H3. The summed E-state index contributed by atoms with van der Waals surface area (Å²) < 4.78 is 5.43. The van der Waals surface area contributed by atoms with Crippen molar-refractivity contribution >= 4 is 0 Å². The lowest BCUT2D eigenvalue weighted by Gasteiger charge is -2.23. The lowest BCUT2D eigenvalue weighted by atomic mass is 9.91. The normalized spacial score (nSPS) is 18.5. The molecule has 76 valence electrons. The molecule has 3 nitrogen and oxygen atoms in total. The minimum Gasteiger partial charge on any atom is -0.493 e. The minimum absolute atomic E-state index is 0.433. The van der Waals surface area contributed by atoms with Gasteiger partial charge in [0.25, 0.3) is 0 Å². The number of nitrogens with two attached hydrogens (primary N) is 2. The molecule has 0 aliphatic carbocycles. The first-order chi connectivity index (χ1) is 6.63. The Balaban J connectivity index is 2.38. The van der Waals surface area contributed by atoms with Gasteiger partial charge in [-0.15, -0.1) is 0 Å². The third-order valence-corrected chi connectivity index (χ3v) is 2.77. The second-order valence-corrected chi connectivity index (χ2v) is 4.04. The molecule has 0 aromatic heterocycles. The zero-order valence-corrected chi connectivity index (χ0v) is 8.42. The van der Waals surface area contributed by atoms with Crippen LogP contribution in [0.3, 0.4) is 0 Å². The van der Waals surface area contributed by atoms with E-state index in [1.54, 1.807) is 0 Å². The lowest BCUT2D eigenvalue weighted by Crippen LogP contribution is -2.40. The maximum Gasteiger partial charge on any atom is 0.122 e. The van der Waals surface area contributed by atoms with Crippen molar-refractivity contribution in [1.82, 2.24) is 0 Å². The first-order valence-corrected chi connectivity index (χ1v) is 4.88. The Morgan fingerprint density at radius 1 is 1.50 bits per heavy atom. The van der Waals surface area contributed by atoms with Crippen LogP contribution >= 0.6 is 0 Å². The van der Waals surface area contributed by atoms with Gasteiger partial charge in [-0.1, -0.05) is 12.1 Å². The summed E-state index contributed by atoms with van der Waals surface area (Å²) in [5.41, 5.74) is 13.6. The van der Waals surface area contributed by atoms with E-state index < -0.39 is 5.54 Å². The highest BCUT2D eigenvalue weighted by Gasteiger charge is 2.21. The summed E-state index contributed by atoms with van der Waals surface area (Å²) in [5.74, 6) is 0.988. The molecular formula is C11H16N2O. The molecule has 1 aromatic carbocycles. The molecule has 1 aliphatic rings. The molecule has 1 aliphatic heterocycles. The third kappa shape index (κ3) is 1.49. The summed E-state index contributed by atoms with van der Waals surface area (Å²) in [5, 5.41) is 0. The molecule has 14 heavy (non-hydrogen) atoms. The lowest BCUT2D eigenvalue weighted by molar-refractivity contribution is 0.356. The molecule has 4 N–H and O–H groups in total. The molecule has 1 atom stereocenters. The van der Waals surface area contributed by atoms with E-state index in [0.717, 1.165) is 24.3 Å². The molecule has 2 rings (SSSR count). The Morgan fingerprint density at radius 3 is 3.00 bits per heavy atom. The van der Waals surface area contributed by atoms with E-state index in [-0.39, 0.29) is 0 Å². The average molecular weight is 192 g/mol. The van der Waals surface area contributed by atoms with Crippen molar-refractivity contribution in [1.29, 1.82) is 0 Å². The number of hydrogen-bond donors (Lipinski definition) is 2. The fourth-order valence-electron chi connectivity index (χ4n) is 1.66. The van der Waals surface area contributed by atoms with Crippen molar-refractivity contribution in [2.75, 3.05) is 13.2 Å². The SMILES string of the molecule is CC(N)(CN)c1ccc2c(c1)CCO2. The average Bonchev–Trinajstić information content (AvgIpc) is 2.64. The van der Waals surface area contributed by atoms with Gasteiger partial charge >= 0.3 is 0 Å². The molecular weight excluding hydrogens is 176 g/mol. The zero-order chi connectivity index (χ0) is 10.2. The number of rotatable bonds is 2. The van der Waals surface area contributed by atoms with Crippen molar-refractivity contribution in [2.24, 2.45) is 11.5 Å². The van der Waals surface area contributed by atoms with Crippen molar-refractivity contribution in [3.05, 3.63) is 29.3 Å². The Morgan fingerprint density at radius 2 is 2.29 bits per heavy atom. The second-order valence-electron chi connectivity index (χ2n) is 4.04. The summed E-state index contributed by atoms with van der Waals surface area (Å²) >= 11 is 0. The third-order valence-electron chi connectivity index (χ3n) is 2.77. The maximum atomic E-state index is 6.07. The van der Waals surface area contributed by atoms with Crippen LogP contribution < -0.4 is 16.2 Å². The van der Waals surface area contributed by atoms with Crippen LogP contribution in [0.5, 0.6) is 5.75 Å². The topological polar surface area (TPSA) is 61.3 Å². The maximum absolute atomic E-state index is 6.07.